The summed E-state index contributed by atoms with van der Waals surface area (Å²) >= 11 is 8.73. The molecule has 2 amide bonds. The highest BCUT2D eigenvalue weighted by atomic mass is 79.9. The number of carbonyl (C=O) groups excluding carboxylic acids is 2. The second-order valence-electron chi connectivity index (χ2n) is 6.71. The minimum Gasteiger partial charge on any atom is -0.492 e. The first-order valence-corrected chi connectivity index (χ1v) is 10.5. The molecule has 8 heteroatoms. The molecule has 1 N–H and O–H groups in total. The molecule has 1 heterocycles. The van der Waals surface area contributed by atoms with Crippen molar-refractivity contribution in [2.45, 2.75) is 20.8 Å². The fourth-order valence-corrected chi connectivity index (χ4v) is 4.13. The van der Waals surface area contributed by atoms with E-state index in [1.165, 1.54) is 11.0 Å². The maximum atomic E-state index is 13.2. The Balaban J connectivity index is 2.07. The molecule has 0 aromatic heterocycles. The van der Waals surface area contributed by atoms with E-state index in [0.29, 0.717) is 33.8 Å². The van der Waals surface area contributed by atoms with Crippen LogP contribution < -0.4 is 19.7 Å². The molecule has 6 nitrogen and oxygen atoms in total. The van der Waals surface area contributed by atoms with Gasteiger partial charge in [0.05, 0.1) is 23.9 Å². The standard InChI is InChI=1S/C22H21BrN2O4S/c1-5-29-18-11-14(10-16(23)19(18)28-4)9-15-20(26)24-22(30)25(21(15)27)17-7-6-12(2)8-13(17)3/h6-11H,5H2,1-4H3,(H,24,26,30)/b15-9+. The lowest BCUT2D eigenvalue weighted by Crippen LogP contribution is -2.54. The number of thiocarbonyl (C=S) groups is 1. The van der Waals surface area contributed by atoms with Crippen molar-refractivity contribution in [3.8, 4) is 11.5 Å². The molecule has 0 aliphatic carbocycles. The highest BCUT2D eigenvalue weighted by molar-refractivity contribution is 9.10. The van der Waals surface area contributed by atoms with E-state index in [0.717, 1.165) is 11.1 Å². The quantitative estimate of drug-likeness (QED) is 0.385. The molecule has 30 heavy (non-hydrogen) atoms. The number of rotatable bonds is 5. The van der Waals surface area contributed by atoms with Crippen LogP contribution in [0, 0.1) is 13.8 Å². The van der Waals surface area contributed by atoms with Crippen LogP contribution in [0.15, 0.2) is 40.4 Å². The average molecular weight is 489 g/mol. The first-order chi connectivity index (χ1) is 14.3. The number of aryl methyl sites for hydroxylation is 2. The van der Waals surface area contributed by atoms with Gasteiger partial charge in [-0.05, 0) is 84.3 Å². The lowest BCUT2D eigenvalue weighted by molar-refractivity contribution is -0.122. The Labute approximate surface area is 189 Å². The van der Waals surface area contributed by atoms with E-state index in [9.17, 15) is 9.59 Å². The third kappa shape index (κ3) is 4.24. The largest absolute Gasteiger partial charge is 0.492 e. The Hall–Kier alpha value is -2.71. The Bertz CT molecular complexity index is 1080. The van der Waals surface area contributed by atoms with Gasteiger partial charge in [0.2, 0.25) is 0 Å². The Morgan fingerprint density at radius 3 is 2.57 bits per heavy atom. The predicted molar refractivity (Wildman–Crippen MR) is 124 cm³/mol. The van der Waals surface area contributed by atoms with Crippen molar-refractivity contribution in [2.75, 3.05) is 18.6 Å². The van der Waals surface area contributed by atoms with Crippen molar-refractivity contribution in [2.24, 2.45) is 0 Å². The lowest BCUT2D eigenvalue weighted by atomic mass is 10.0. The van der Waals surface area contributed by atoms with Crippen LogP contribution in [-0.4, -0.2) is 30.6 Å². The van der Waals surface area contributed by atoms with Gasteiger partial charge in [0.15, 0.2) is 16.6 Å². The number of amides is 2. The van der Waals surface area contributed by atoms with Crippen molar-refractivity contribution in [1.82, 2.24) is 5.32 Å². The summed E-state index contributed by atoms with van der Waals surface area (Å²) in [6.07, 6.45) is 1.52. The van der Waals surface area contributed by atoms with Crippen LogP contribution in [0.1, 0.15) is 23.6 Å². The summed E-state index contributed by atoms with van der Waals surface area (Å²) in [6.45, 7) is 6.17. The zero-order chi connectivity index (χ0) is 22.0. The number of carbonyl (C=O) groups is 2. The lowest BCUT2D eigenvalue weighted by Gasteiger charge is -2.30. The minimum atomic E-state index is -0.545. The molecule has 0 saturated carbocycles. The van der Waals surface area contributed by atoms with Crippen molar-refractivity contribution in [3.05, 3.63) is 57.1 Å². The maximum absolute atomic E-state index is 13.2. The van der Waals surface area contributed by atoms with Gasteiger partial charge in [0, 0.05) is 0 Å². The second-order valence-corrected chi connectivity index (χ2v) is 7.96. The van der Waals surface area contributed by atoms with Gasteiger partial charge >= 0.3 is 0 Å². The summed E-state index contributed by atoms with van der Waals surface area (Å²) in [7, 11) is 1.54. The summed E-state index contributed by atoms with van der Waals surface area (Å²) in [6, 6.07) is 9.15. The van der Waals surface area contributed by atoms with E-state index < -0.39 is 11.8 Å². The Morgan fingerprint density at radius 1 is 1.20 bits per heavy atom. The average Bonchev–Trinajstić information content (AvgIpc) is 2.67. The second kappa shape index (κ2) is 8.97. The number of methoxy groups -OCH3 is 1. The van der Waals surface area contributed by atoms with Gasteiger partial charge in [-0.3, -0.25) is 19.8 Å². The first kappa shape index (κ1) is 22.0. The van der Waals surface area contributed by atoms with E-state index in [1.807, 2.05) is 39.0 Å². The van der Waals surface area contributed by atoms with Crippen molar-refractivity contribution in [1.29, 1.82) is 0 Å². The van der Waals surface area contributed by atoms with Gasteiger partial charge in [-0.2, -0.15) is 0 Å². The summed E-state index contributed by atoms with van der Waals surface area (Å²) in [5, 5.41) is 2.66. The van der Waals surface area contributed by atoms with Crippen LogP contribution in [0.4, 0.5) is 5.69 Å². The smallest absolute Gasteiger partial charge is 0.270 e. The molecule has 2 aromatic carbocycles. The number of hydrogen-bond donors (Lipinski definition) is 1. The van der Waals surface area contributed by atoms with Gasteiger partial charge in [0.1, 0.15) is 5.57 Å². The highest BCUT2D eigenvalue weighted by Crippen LogP contribution is 2.37. The Kier molecular flexibility index (Phi) is 6.58. The van der Waals surface area contributed by atoms with Crippen molar-refractivity contribution < 1.29 is 19.1 Å². The topological polar surface area (TPSA) is 67.9 Å². The summed E-state index contributed by atoms with van der Waals surface area (Å²) in [5.74, 6) is 0.0136. The molecule has 1 fully saturated rings. The number of nitrogens with one attached hydrogen (secondary N) is 1. The molecular weight excluding hydrogens is 468 g/mol. The van der Waals surface area contributed by atoms with E-state index >= 15 is 0 Å². The van der Waals surface area contributed by atoms with E-state index in [2.05, 4.69) is 21.2 Å². The van der Waals surface area contributed by atoms with Gasteiger partial charge in [0.25, 0.3) is 11.8 Å². The number of ether oxygens (including phenoxy) is 2. The monoisotopic (exact) mass is 488 g/mol. The number of halogens is 1. The van der Waals surface area contributed by atoms with Crippen LogP contribution in [0.5, 0.6) is 11.5 Å². The summed E-state index contributed by atoms with van der Waals surface area (Å²) in [4.78, 5) is 27.2. The molecule has 0 atom stereocenters. The van der Waals surface area contributed by atoms with Crippen LogP contribution in [0.25, 0.3) is 6.08 Å². The summed E-state index contributed by atoms with van der Waals surface area (Å²) < 4.78 is 11.6. The molecule has 1 saturated heterocycles. The fraction of sp³-hybridized carbons (Fsp3) is 0.227. The third-order valence-electron chi connectivity index (χ3n) is 4.54. The molecule has 0 radical (unpaired) electrons. The van der Waals surface area contributed by atoms with Crippen LogP contribution in [0.2, 0.25) is 0 Å². The normalized spacial score (nSPS) is 15.4. The van der Waals surface area contributed by atoms with Crippen LogP contribution in [0.3, 0.4) is 0 Å². The fourth-order valence-electron chi connectivity index (χ4n) is 3.23. The first-order valence-electron chi connectivity index (χ1n) is 9.25. The zero-order valence-electron chi connectivity index (χ0n) is 17.0. The van der Waals surface area contributed by atoms with E-state index in [-0.39, 0.29) is 10.7 Å². The minimum absolute atomic E-state index is 0.0249. The molecule has 0 bridgehead atoms. The predicted octanol–water partition coefficient (Wildman–Crippen LogP) is 4.30. The van der Waals surface area contributed by atoms with Crippen LogP contribution in [-0.2, 0) is 9.59 Å². The number of anilines is 1. The molecule has 1 aliphatic heterocycles. The SMILES string of the molecule is CCOc1cc(/C=C2\C(=O)NC(=S)N(c3ccc(C)cc3C)C2=O)cc(Br)c1OC. The molecular formula is C22H21BrN2O4S. The molecule has 1 aliphatic rings. The van der Waals surface area contributed by atoms with Crippen LogP contribution >= 0.6 is 28.1 Å². The molecule has 0 spiro atoms. The number of nitrogens with zero attached hydrogens (tertiary/aromatic N) is 1. The zero-order valence-corrected chi connectivity index (χ0v) is 19.4. The van der Waals surface area contributed by atoms with Gasteiger partial charge in [-0.25, -0.2) is 0 Å². The van der Waals surface area contributed by atoms with Gasteiger partial charge in [-0.15, -0.1) is 0 Å². The number of hydrogen-bond acceptors (Lipinski definition) is 5. The third-order valence-corrected chi connectivity index (χ3v) is 5.42. The van der Waals surface area contributed by atoms with Gasteiger partial charge < -0.3 is 9.47 Å². The van der Waals surface area contributed by atoms with Gasteiger partial charge in [-0.1, -0.05) is 17.7 Å². The van der Waals surface area contributed by atoms with Crippen molar-refractivity contribution in [3.63, 3.8) is 0 Å². The summed E-state index contributed by atoms with van der Waals surface area (Å²) in [5.41, 5.74) is 3.17. The molecule has 156 valence electrons. The maximum Gasteiger partial charge on any atom is 0.270 e. The number of benzene rings is 2. The van der Waals surface area contributed by atoms with E-state index in [4.69, 9.17) is 21.7 Å². The highest BCUT2D eigenvalue weighted by Gasteiger charge is 2.35. The van der Waals surface area contributed by atoms with E-state index in [1.54, 1.807) is 19.2 Å². The molecule has 3 rings (SSSR count). The molecule has 0 unspecified atom stereocenters. The molecule has 2 aromatic rings. The van der Waals surface area contributed by atoms with Crippen molar-refractivity contribution >= 4 is 56.8 Å². The Morgan fingerprint density at radius 2 is 1.93 bits per heavy atom.